The van der Waals surface area contributed by atoms with Crippen molar-refractivity contribution < 1.29 is 9.59 Å². The van der Waals surface area contributed by atoms with Crippen LogP contribution in [-0.4, -0.2) is 54.0 Å². The van der Waals surface area contributed by atoms with E-state index in [2.05, 4.69) is 5.32 Å². The minimum Gasteiger partial charge on any atom is -0.341 e. The molecule has 0 unspecified atom stereocenters. The van der Waals surface area contributed by atoms with Crippen LogP contribution in [0.15, 0.2) is 0 Å². The number of amides is 3. The number of hydrogen-bond donors (Lipinski definition) is 1. The Hall–Kier alpha value is -1.26. The van der Waals surface area contributed by atoms with Crippen molar-refractivity contribution >= 4 is 11.9 Å². The molecule has 1 heterocycles. The average Bonchev–Trinajstić information content (AvgIpc) is 2.79. The Morgan fingerprint density at radius 1 is 0.950 bits per heavy atom. The molecule has 1 aliphatic carbocycles. The summed E-state index contributed by atoms with van der Waals surface area (Å²) in [7, 11) is 0. The summed E-state index contributed by atoms with van der Waals surface area (Å²) in [4.78, 5) is 28.0. The Morgan fingerprint density at radius 2 is 1.55 bits per heavy atom. The molecule has 20 heavy (non-hydrogen) atoms. The smallest absolute Gasteiger partial charge is 0.317 e. The van der Waals surface area contributed by atoms with E-state index in [4.69, 9.17) is 0 Å². The summed E-state index contributed by atoms with van der Waals surface area (Å²) in [6, 6.07) is 0.412. The molecule has 2 rings (SSSR count). The third-order valence-electron chi connectivity index (χ3n) is 4.27. The van der Waals surface area contributed by atoms with E-state index in [-0.39, 0.29) is 17.9 Å². The monoisotopic (exact) mass is 281 g/mol. The van der Waals surface area contributed by atoms with Crippen LogP contribution in [0.1, 0.15) is 46.0 Å². The molecule has 0 atom stereocenters. The SMILES string of the molecule is CC(C)C(=O)N1CCCN(C(=O)NC2CCCC2)CC1. The van der Waals surface area contributed by atoms with Crippen LogP contribution in [0, 0.1) is 5.92 Å². The average molecular weight is 281 g/mol. The molecule has 2 aliphatic rings. The topological polar surface area (TPSA) is 52.7 Å². The van der Waals surface area contributed by atoms with Crippen LogP contribution in [0.3, 0.4) is 0 Å². The van der Waals surface area contributed by atoms with E-state index in [0.717, 1.165) is 32.4 Å². The van der Waals surface area contributed by atoms with Crippen LogP contribution in [0.25, 0.3) is 0 Å². The van der Waals surface area contributed by atoms with E-state index >= 15 is 0 Å². The number of nitrogens with zero attached hydrogens (tertiary/aromatic N) is 2. The first kappa shape index (κ1) is 15.1. The van der Waals surface area contributed by atoms with Crippen LogP contribution in [0.4, 0.5) is 4.79 Å². The number of hydrogen-bond acceptors (Lipinski definition) is 2. The van der Waals surface area contributed by atoms with Crippen LogP contribution in [-0.2, 0) is 4.79 Å². The lowest BCUT2D eigenvalue weighted by Gasteiger charge is -2.24. The highest BCUT2D eigenvalue weighted by Crippen LogP contribution is 2.18. The summed E-state index contributed by atoms with van der Waals surface area (Å²) >= 11 is 0. The lowest BCUT2D eigenvalue weighted by atomic mass is 10.2. The van der Waals surface area contributed by atoms with E-state index in [1.165, 1.54) is 12.8 Å². The molecule has 2 fully saturated rings. The van der Waals surface area contributed by atoms with Gasteiger partial charge in [-0.05, 0) is 19.3 Å². The first-order valence-corrected chi connectivity index (χ1v) is 7.92. The summed E-state index contributed by atoms with van der Waals surface area (Å²) in [5, 5.41) is 3.13. The highest BCUT2D eigenvalue weighted by atomic mass is 16.2. The summed E-state index contributed by atoms with van der Waals surface area (Å²) in [5.41, 5.74) is 0. The number of rotatable bonds is 2. The van der Waals surface area contributed by atoms with E-state index in [1.54, 1.807) is 0 Å². The molecule has 0 spiro atoms. The van der Waals surface area contributed by atoms with Crippen molar-refractivity contribution in [2.75, 3.05) is 26.2 Å². The van der Waals surface area contributed by atoms with Gasteiger partial charge in [0.25, 0.3) is 0 Å². The Bertz CT molecular complexity index is 351. The third kappa shape index (κ3) is 3.87. The fourth-order valence-corrected chi connectivity index (χ4v) is 3.04. The van der Waals surface area contributed by atoms with Gasteiger partial charge >= 0.3 is 6.03 Å². The van der Waals surface area contributed by atoms with Gasteiger partial charge < -0.3 is 15.1 Å². The maximum Gasteiger partial charge on any atom is 0.317 e. The van der Waals surface area contributed by atoms with Crippen molar-refractivity contribution in [3.05, 3.63) is 0 Å². The van der Waals surface area contributed by atoms with Crippen molar-refractivity contribution in [2.45, 2.75) is 52.0 Å². The van der Waals surface area contributed by atoms with Gasteiger partial charge in [-0.2, -0.15) is 0 Å². The number of carbonyl (C=O) groups excluding carboxylic acids is 2. The molecule has 5 heteroatoms. The lowest BCUT2D eigenvalue weighted by molar-refractivity contribution is -0.134. The normalized spacial score (nSPS) is 21.1. The molecule has 1 N–H and O–H groups in total. The second kappa shape index (κ2) is 6.95. The van der Waals surface area contributed by atoms with Gasteiger partial charge in [0.05, 0.1) is 0 Å². The number of nitrogens with one attached hydrogen (secondary N) is 1. The van der Waals surface area contributed by atoms with Crippen LogP contribution in [0.5, 0.6) is 0 Å². The summed E-state index contributed by atoms with van der Waals surface area (Å²) in [6.45, 7) is 6.69. The Balaban J connectivity index is 1.82. The molecule has 5 nitrogen and oxygen atoms in total. The minimum absolute atomic E-state index is 0.0360. The van der Waals surface area contributed by atoms with Crippen molar-refractivity contribution in [2.24, 2.45) is 5.92 Å². The van der Waals surface area contributed by atoms with Gasteiger partial charge in [-0.15, -0.1) is 0 Å². The molecule has 0 bridgehead atoms. The van der Waals surface area contributed by atoms with E-state index in [1.807, 2.05) is 23.6 Å². The van der Waals surface area contributed by atoms with Gasteiger partial charge in [0.1, 0.15) is 0 Å². The molecule has 3 amide bonds. The van der Waals surface area contributed by atoms with Crippen molar-refractivity contribution in [1.82, 2.24) is 15.1 Å². The van der Waals surface area contributed by atoms with Crippen molar-refractivity contribution in [3.8, 4) is 0 Å². The summed E-state index contributed by atoms with van der Waals surface area (Å²) in [5.74, 6) is 0.233. The molecule has 1 aliphatic heterocycles. The third-order valence-corrected chi connectivity index (χ3v) is 4.27. The zero-order valence-electron chi connectivity index (χ0n) is 12.7. The molecule has 0 radical (unpaired) electrons. The number of urea groups is 1. The van der Waals surface area contributed by atoms with Crippen LogP contribution in [0.2, 0.25) is 0 Å². The van der Waals surface area contributed by atoms with E-state index in [0.29, 0.717) is 19.1 Å². The number of carbonyl (C=O) groups is 2. The summed E-state index contributed by atoms with van der Waals surface area (Å²) in [6.07, 6.45) is 5.54. The van der Waals surface area contributed by atoms with Crippen molar-refractivity contribution in [1.29, 1.82) is 0 Å². The molecular weight excluding hydrogens is 254 g/mol. The fourth-order valence-electron chi connectivity index (χ4n) is 3.04. The summed E-state index contributed by atoms with van der Waals surface area (Å²) < 4.78 is 0. The van der Waals surface area contributed by atoms with E-state index < -0.39 is 0 Å². The minimum atomic E-state index is 0.0360. The Labute approximate surface area is 121 Å². The van der Waals surface area contributed by atoms with Gasteiger partial charge in [0.2, 0.25) is 5.91 Å². The standard InChI is InChI=1S/C15H27N3O2/c1-12(2)14(19)17-8-5-9-18(11-10-17)15(20)16-13-6-3-4-7-13/h12-13H,3-11H2,1-2H3,(H,16,20). The molecule has 114 valence electrons. The zero-order chi connectivity index (χ0) is 14.5. The van der Waals surface area contributed by atoms with Gasteiger partial charge in [-0.1, -0.05) is 26.7 Å². The molecule has 1 saturated carbocycles. The fraction of sp³-hybridized carbons (Fsp3) is 0.867. The first-order chi connectivity index (χ1) is 9.58. The van der Waals surface area contributed by atoms with E-state index in [9.17, 15) is 9.59 Å². The maximum atomic E-state index is 12.2. The molecule has 1 saturated heterocycles. The Kier molecular flexibility index (Phi) is 5.26. The van der Waals surface area contributed by atoms with Crippen LogP contribution >= 0.6 is 0 Å². The molecule has 0 aromatic carbocycles. The second-order valence-electron chi connectivity index (χ2n) is 6.25. The van der Waals surface area contributed by atoms with Gasteiger partial charge in [0.15, 0.2) is 0 Å². The maximum absolute atomic E-state index is 12.2. The van der Waals surface area contributed by atoms with Crippen molar-refractivity contribution in [3.63, 3.8) is 0 Å². The predicted molar refractivity (Wildman–Crippen MR) is 78.4 cm³/mol. The molecule has 0 aromatic rings. The molecule has 0 aromatic heterocycles. The zero-order valence-corrected chi connectivity index (χ0v) is 12.7. The van der Waals surface area contributed by atoms with Gasteiger partial charge in [-0.25, -0.2) is 4.79 Å². The van der Waals surface area contributed by atoms with Gasteiger partial charge in [-0.3, -0.25) is 4.79 Å². The largest absolute Gasteiger partial charge is 0.341 e. The first-order valence-electron chi connectivity index (χ1n) is 7.92. The highest BCUT2D eigenvalue weighted by Gasteiger charge is 2.25. The predicted octanol–water partition coefficient (Wildman–Crippen LogP) is 1.83. The Morgan fingerprint density at radius 3 is 2.20 bits per heavy atom. The van der Waals surface area contributed by atoms with Gasteiger partial charge in [0, 0.05) is 38.1 Å². The van der Waals surface area contributed by atoms with Crippen LogP contribution < -0.4 is 5.32 Å². The lowest BCUT2D eigenvalue weighted by Crippen LogP contribution is -2.45. The quantitative estimate of drug-likeness (QED) is 0.839. The highest BCUT2D eigenvalue weighted by molar-refractivity contribution is 5.78. The second-order valence-corrected chi connectivity index (χ2v) is 6.25. The molecular formula is C15H27N3O2.